The van der Waals surface area contributed by atoms with Crippen LogP contribution in [0.15, 0.2) is 28.7 Å². The molecule has 0 bridgehead atoms. The van der Waals surface area contributed by atoms with E-state index in [1.165, 1.54) is 0 Å². The van der Waals surface area contributed by atoms with E-state index in [9.17, 15) is 14.4 Å². The number of hydrogen-bond donors (Lipinski definition) is 2. The number of benzene rings is 1. The summed E-state index contributed by atoms with van der Waals surface area (Å²) in [6.45, 7) is 3.45. The van der Waals surface area contributed by atoms with Gasteiger partial charge in [-0.05, 0) is 37.6 Å². The summed E-state index contributed by atoms with van der Waals surface area (Å²) in [5.74, 6) is -1.67. The number of esters is 1. The maximum Gasteiger partial charge on any atom is 0.341 e. The highest BCUT2D eigenvalue weighted by molar-refractivity contribution is 9.10. The number of thiophene rings is 1. The molecule has 126 valence electrons. The number of rotatable bonds is 5. The summed E-state index contributed by atoms with van der Waals surface area (Å²) in [4.78, 5) is 36.3. The van der Waals surface area contributed by atoms with Crippen LogP contribution in [0.3, 0.4) is 0 Å². The Bertz CT molecular complexity index is 816. The monoisotopic (exact) mass is 410 g/mol. The van der Waals surface area contributed by atoms with Gasteiger partial charge in [0.25, 0.3) is 11.8 Å². The number of halogens is 1. The van der Waals surface area contributed by atoms with E-state index < -0.39 is 17.8 Å². The zero-order chi connectivity index (χ0) is 17.9. The molecule has 0 aliphatic carbocycles. The summed E-state index contributed by atoms with van der Waals surface area (Å²) in [5, 5.41) is 2.90. The van der Waals surface area contributed by atoms with Gasteiger partial charge in [0.05, 0.1) is 17.0 Å². The molecule has 0 unspecified atom stereocenters. The summed E-state index contributed by atoms with van der Waals surface area (Å²) in [7, 11) is 0. The van der Waals surface area contributed by atoms with Crippen molar-refractivity contribution < 1.29 is 19.1 Å². The second-order valence-electron chi connectivity index (χ2n) is 4.81. The van der Waals surface area contributed by atoms with E-state index in [1.807, 2.05) is 0 Å². The van der Waals surface area contributed by atoms with Crippen molar-refractivity contribution in [2.75, 3.05) is 11.9 Å². The molecule has 0 fully saturated rings. The molecule has 8 heteroatoms. The minimum absolute atomic E-state index is 0.152. The largest absolute Gasteiger partial charge is 0.462 e. The van der Waals surface area contributed by atoms with Crippen molar-refractivity contribution in [2.45, 2.75) is 13.8 Å². The van der Waals surface area contributed by atoms with Gasteiger partial charge in [-0.15, -0.1) is 11.3 Å². The number of nitrogens with two attached hydrogens (primary N) is 1. The van der Waals surface area contributed by atoms with Crippen LogP contribution in [0.2, 0.25) is 0 Å². The lowest BCUT2D eigenvalue weighted by molar-refractivity contribution is 0.0527. The van der Waals surface area contributed by atoms with Crippen molar-refractivity contribution >= 4 is 50.1 Å². The molecule has 0 radical (unpaired) electrons. The Morgan fingerprint density at radius 1 is 1.33 bits per heavy atom. The number of amides is 2. The van der Waals surface area contributed by atoms with Crippen LogP contribution in [0.25, 0.3) is 0 Å². The smallest absolute Gasteiger partial charge is 0.341 e. The van der Waals surface area contributed by atoms with Crippen LogP contribution in [0, 0.1) is 6.92 Å². The van der Waals surface area contributed by atoms with Gasteiger partial charge in [-0.2, -0.15) is 0 Å². The van der Waals surface area contributed by atoms with Crippen molar-refractivity contribution in [3.63, 3.8) is 0 Å². The van der Waals surface area contributed by atoms with Gasteiger partial charge in [0.1, 0.15) is 5.00 Å². The minimum Gasteiger partial charge on any atom is -0.462 e. The lowest BCUT2D eigenvalue weighted by Gasteiger charge is -2.07. The normalized spacial score (nSPS) is 10.3. The van der Waals surface area contributed by atoms with E-state index in [0.29, 0.717) is 11.1 Å². The molecule has 2 amide bonds. The number of carbonyl (C=O) groups is 3. The maximum absolute atomic E-state index is 12.4. The van der Waals surface area contributed by atoms with E-state index >= 15 is 0 Å². The Morgan fingerprint density at radius 2 is 2.04 bits per heavy atom. The molecule has 2 rings (SSSR count). The first kappa shape index (κ1) is 18.2. The first-order valence-electron chi connectivity index (χ1n) is 7.02. The molecule has 1 aromatic carbocycles. The molecule has 0 saturated carbocycles. The molecule has 1 aromatic heterocycles. The van der Waals surface area contributed by atoms with Crippen molar-refractivity contribution in [3.8, 4) is 0 Å². The first-order valence-corrected chi connectivity index (χ1v) is 8.63. The molecule has 6 nitrogen and oxygen atoms in total. The highest BCUT2D eigenvalue weighted by atomic mass is 79.9. The van der Waals surface area contributed by atoms with Crippen molar-refractivity contribution in [2.24, 2.45) is 5.73 Å². The fourth-order valence-corrected chi connectivity index (χ4v) is 3.53. The van der Waals surface area contributed by atoms with Gasteiger partial charge in [-0.25, -0.2) is 4.79 Å². The van der Waals surface area contributed by atoms with Crippen LogP contribution < -0.4 is 11.1 Å². The molecule has 24 heavy (non-hydrogen) atoms. The maximum atomic E-state index is 12.4. The molecule has 2 aromatic rings. The molecule has 0 aliphatic heterocycles. The number of primary amides is 1. The van der Waals surface area contributed by atoms with E-state index in [2.05, 4.69) is 21.2 Å². The Hall–Kier alpha value is -2.19. The average molecular weight is 411 g/mol. The minimum atomic E-state index is -0.661. The van der Waals surface area contributed by atoms with Crippen LogP contribution in [0.4, 0.5) is 5.00 Å². The quantitative estimate of drug-likeness (QED) is 0.738. The summed E-state index contributed by atoms with van der Waals surface area (Å²) in [5.41, 5.74) is 6.29. The topological polar surface area (TPSA) is 98.5 Å². The summed E-state index contributed by atoms with van der Waals surface area (Å²) in [6.07, 6.45) is 0. The third kappa shape index (κ3) is 3.82. The SMILES string of the molecule is CCOC(=O)c1c(NC(=O)c2cccc(Br)c2)sc(C(N)=O)c1C. The van der Waals surface area contributed by atoms with Crippen LogP contribution in [0.5, 0.6) is 0 Å². The van der Waals surface area contributed by atoms with Gasteiger partial charge in [0.15, 0.2) is 0 Å². The van der Waals surface area contributed by atoms with E-state index in [1.54, 1.807) is 38.1 Å². The molecular weight excluding hydrogens is 396 g/mol. The summed E-state index contributed by atoms with van der Waals surface area (Å²) < 4.78 is 5.76. The van der Waals surface area contributed by atoms with Crippen LogP contribution in [-0.2, 0) is 4.74 Å². The van der Waals surface area contributed by atoms with Gasteiger partial charge in [-0.3, -0.25) is 9.59 Å². The van der Waals surface area contributed by atoms with Gasteiger partial charge in [-0.1, -0.05) is 22.0 Å². The molecule has 1 heterocycles. The number of nitrogens with one attached hydrogen (secondary N) is 1. The van der Waals surface area contributed by atoms with Crippen LogP contribution in [0.1, 0.15) is 42.9 Å². The molecule has 3 N–H and O–H groups in total. The third-order valence-electron chi connectivity index (χ3n) is 3.16. The van der Waals surface area contributed by atoms with E-state index in [4.69, 9.17) is 10.5 Å². The second-order valence-corrected chi connectivity index (χ2v) is 6.75. The third-order valence-corrected chi connectivity index (χ3v) is 4.88. The zero-order valence-corrected chi connectivity index (χ0v) is 15.4. The van der Waals surface area contributed by atoms with Gasteiger partial charge < -0.3 is 15.8 Å². The van der Waals surface area contributed by atoms with Crippen molar-refractivity contribution in [3.05, 3.63) is 50.3 Å². The van der Waals surface area contributed by atoms with E-state index in [0.717, 1.165) is 15.8 Å². The van der Waals surface area contributed by atoms with Gasteiger partial charge in [0, 0.05) is 10.0 Å². The fraction of sp³-hybridized carbons (Fsp3) is 0.188. The van der Waals surface area contributed by atoms with Crippen molar-refractivity contribution in [1.29, 1.82) is 0 Å². The average Bonchev–Trinajstić information content (AvgIpc) is 2.84. The Morgan fingerprint density at radius 3 is 2.62 bits per heavy atom. The van der Waals surface area contributed by atoms with Gasteiger partial charge >= 0.3 is 5.97 Å². The molecule has 0 spiro atoms. The Kier molecular flexibility index (Phi) is 5.74. The molecular formula is C16H15BrN2O4S. The molecule has 0 saturated heterocycles. The number of anilines is 1. The van der Waals surface area contributed by atoms with Crippen LogP contribution >= 0.6 is 27.3 Å². The number of hydrogen-bond acceptors (Lipinski definition) is 5. The van der Waals surface area contributed by atoms with Gasteiger partial charge in [0.2, 0.25) is 0 Å². The number of ether oxygens (including phenoxy) is 1. The summed E-state index contributed by atoms with van der Waals surface area (Å²) in [6, 6.07) is 6.80. The lowest BCUT2D eigenvalue weighted by Crippen LogP contribution is -2.15. The lowest BCUT2D eigenvalue weighted by atomic mass is 10.1. The van der Waals surface area contributed by atoms with Crippen LogP contribution in [-0.4, -0.2) is 24.4 Å². The highest BCUT2D eigenvalue weighted by Gasteiger charge is 2.25. The standard InChI is InChI=1S/C16H15BrN2O4S/c1-3-23-16(22)11-8(2)12(13(18)20)24-15(11)19-14(21)9-5-4-6-10(17)7-9/h4-7H,3H2,1-2H3,(H2,18,20)(H,19,21). The fourth-order valence-electron chi connectivity index (χ4n) is 2.09. The first-order chi connectivity index (χ1) is 11.3. The molecule has 0 atom stereocenters. The molecule has 0 aliphatic rings. The zero-order valence-electron chi connectivity index (χ0n) is 13.0. The van der Waals surface area contributed by atoms with Crippen molar-refractivity contribution in [1.82, 2.24) is 0 Å². The van der Waals surface area contributed by atoms with E-state index in [-0.39, 0.29) is 22.0 Å². The second kappa shape index (κ2) is 7.59. The Labute approximate surface area is 151 Å². The predicted octanol–water partition coefficient (Wildman–Crippen LogP) is 3.35. The summed E-state index contributed by atoms with van der Waals surface area (Å²) >= 11 is 4.25. The Balaban J connectivity index is 2.41. The highest BCUT2D eigenvalue weighted by Crippen LogP contribution is 2.34. The number of carbonyl (C=O) groups excluding carboxylic acids is 3. The predicted molar refractivity (Wildman–Crippen MR) is 95.6 cm³/mol.